The van der Waals surface area contributed by atoms with Crippen LogP contribution in [0.1, 0.15) is 11.1 Å². The van der Waals surface area contributed by atoms with Crippen LogP contribution in [0.25, 0.3) is 5.70 Å². The Hall–Kier alpha value is -2.43. The second-order valence-electron chi connectivity index (χ2n) is 6.57. The van der Waals surface area contributed by atoms with E-state index in [1.807, 2.05) is 0 Å². The summed E-state index contributed by atoms with van der Waals surface area (Å²) < 4.78 is 80.1. The van der Waals surface area contributed by atoms with Crippen molar-refractivity contribution in [3.63, 3.8) is 0 Å². The molecule has 2 aromatic rings. The van der Waals surface area contributed by atoms with Gasteiger partial charge >= 0.3 is 18.3 Å². The molecule has 1 amide bonds. The Morgan fingerprint density at radius 2 is 1.65 bits per heavy atom. The molecular weight excluding hydrogens is 473 g/mol. The molecule has 166 valence electrons. The molecule has 1 aliphatic rings. The quantitative estimate of drug-likeness (QED) is 0.555. The molecule has 0 radical (unpaired) electrons. The molecule has 0 aliphatic carbocycles. The number of carbonyl (C=O) groups excluding carboxylic acids is 1. The van der Waals surface area contributed by atoms with Gasteiger partial charge in [-0.3, -0.25) is 15.1 Å². The highest BCUT2D eigenvalue weighted by Crippen LogP contribution is 2.48. The number of nitrogens with zero attached hydrogens (tertiary/aromatic N) is 1. The van der Waals surface area contributed by atoms with Crippen molar-refractivity contribution in [1.82, 2.24) is 5.48 Å². The monoisotopic (exact) mass is 484 g/mol. The van der Waals surface area contributed by atoms with Gasteiger partial charge in [-0.25, -0.2) is 0 Å². The van der Waals surface area contributed by atoms with E-state index in [4.69, 9.17) is 28.0 Å². The number of nitrogens with one attached hydrogen (secondary N) is 1. The summed E-state index contributed by atoms with van der Waals surface area (Å²) in [5.74, 6) is -2.13. The lowest BCUT2D eigenvalue weighted by molar-refractivity contribution is -0.269. The van der Waals surface area contributed by atoms with Gasteiger partial charge in [-0.1, -0.05) is 35.3 Å². The molecular formula is C19H12Cl2F6N2O2. The molecule has 1 unspecified atom stereocenters. The van der Waals surface area contributed by atoms with Gasteiger partial charge in [0.25, 0.3) is 0 Å². The normalized spacial score (nSPS) is 19.1. The SMILES string of the molecule is CN(C(=O)C(F)(F)F)c1cccc(C2=CC(c3cc(Cl)cc(Cl)c3)(C(F)(F)F)ON2)c1. The lowest BCUT2D eigenvalue weighted by Crippen LogP contribution is -2.42. The zero-order chi connectivity index (χ0) is 23.2. The van der Waals surface area contributed by atoms with Gasteiger partial charge in [0.15, 0.2) is 0 Å². The Balaban J connectivity index is 2.06. The molecule has 3 rings (SSSR count). The summed E-state index contributed by atoms with van der Waals surface area (Å²) in [7, 11) is 0.899. The minimum Gasteiger partial charge on any atom is -0.308 e. The van der Waals surface area contributed by atoms with Gasteiger partial charge in [0.1, 0.15) is 0 Å². The van der Waals surface area contributed by atoms with Crippen LogP contribution in [0.5, 0.6) is 0 Å². The Bertz CT molecular complexity index is 1030. The van der Waals surface area contributed by atoms with Gasteiger partial charge < -0.3 is 4.90 Å². The van der Waals surface area contributed by atoms with E-state index in [9.17, 15) is 31.1 Å². The van der Waals surface area contributed by atoms with Crippen molar-refractivity contribution in [3.05, 3.63) is 69.7 Å². The van der Waals surface area contributed by atoms with E-state index in [1.54, 1.807) is 0 Å². The molecule has 4 nitrogen and oxygen atoms in total. The van der Waals surface area contributed by atoms with Crippen LogP contribution < -0.4 is 10.4 Å². The number of hydrogen-bond donors (Lipinski definition) is 1. The molecule has 0 saturated heterocycles. The average molecular weight is 485 g/mol. The molecule has 0 spiro atoms. The molecule has 31 heavy (non-hydrogen) atoms. The predicted octanol–water partition coefficient (Wildman–Crippen LogP) is 5.85. The van der Waals surface area contributed by atoms with Crippen molar-refractivity contribution in [2.24, 2.45) is 0 Å². The number of carbonyl (C=O) groups is 1. The van der Waals surface area contributed by atoms with Gasteiger partial charge in [0.05, 0.1) is 5.70 Å². The first-order chi connectivity index (χ1) is 14.2. The number of amides is 1. The average Bonchev–Trinajstić information content (AvgIpc) is 3.12. The van der Waals surface area contributed by atoms with Gasteiger partial charge in [-0.15, -0.1) is 0 Å². The first-order valence-corrected chi connectivity index (χ1v) is 9.16. The Labute approximate surface area is 181 Å². The van der Waals surface area contributed by atoms with Crippen LogP contribution >= 0.6 is 23.2 Å². The summed E-state index contributed by atoms with van der Waals surface area (Å²) in [4.78, 5) is 16.7. The molecule has 0 saturated carbocycles. The van der Waals surface area contributed by atoms with Crippen molar-refractivity contribution in [2.45, 2.75) is 18.0 Å². The Morgan fingerprint density at radius 3 is 2.19 bits per heavy atom. The zero-order valence-electron chi connectivity index (χ0n) is 15.4. The standard InChI is InChI=1S/C19H12Cl2F6N2O2/c1-29(16(30)18(22,23)24)14-4-2-3-10(5-14)15-9-17(31-28-15,19(25,26)27)11-6-12(20)8-13(21)7-11/h2-9,28H,1H3. The van der Waals surface area contributed by atoms with Crippen LogP contribution in [0.15, 0.2) is 48.5 Å². The summed E-state index contributed by atoms with van der Waals surface area (Å²) in [5.41, 5.74) is -1.50. The van der Waals surface area contributed by atoms with E-state index >= 15 is 0 Å². The summed E-state index contributed by atoms with van der Waals surface area (Å²) in [6, 6.07) is 8.27. The zero-order valence-corrected chi connectivity index (χ0v) is 16.9. The predicted molar refractivity (Wildman–Crippen MR) is 102 cm³/mol. The highest BCUT2D eigenvalue weighted by atomic mass is 35.5. The number of halogens is 8. The topological polar surface area (TPSA) is 41.6 Å². The lowest BCUT2D eigenvalue weighted by atomic mass is 9.91. The molecule has 12 heteroatoms. The fourth-order valence-electron chi connectivity index (χ4n) is 2.94. The molecule has 1 heterocycles. The number of hydrogen-bond acceptors (Lipinski definition) is 3. The maximum Gasteiger partial charge on any atom is 0.471 e. The Morgan fingerprint density at radius 1 is 1.03 bits per heavy atom. The number of rotatable bonds is 3. The summed E-state index contributed by atoms with van der Waals surface area (Å²) in [6.45, 7) is 0. The number of alkyl halides is 6. The Kier molecular flexibility index (Phi) is 5.94. The maximum absolute atomic E-state index is 14.0. The van der Waals surface area contributed by atoms with E-state index < -0.39 is 29.4 Å². The van der Waals surface area contributed by atoms with Crippen LogP contribution in [0, 0.1) is 0 Å². The molecule has 1 N–H and O–H groups in total. The van der Waals surface area contributed by atoms with Gasteiger partial charge in [0, 0.05) is 33.9 Å². The molecule has 1 aliphatic heterocycles. The van der Waals surface area contributed by atoms with Gasteiger partial charge in [-0.2, -0.15) is 26.3 Å². The van der Waals surface area contributed by atoms with E-state index in [0.717, 1.165) is 31.3 Å². The van der Waals surface area contributed by atoms with Crippen LogP contribution in [0.4, 0.5) is 32.0 Å². The molecule has 0 aromatic heterocycles. The fraction of sp³-hybridized carbons (Fsp3) is 0.211. The summed E-state index contributed by atoms with van der Waals surface area (Å²) in [6.07, 6.45) is -9.34. The van der Waals surface area contributed by atoms with Crippen molar-refractivity contribution < 1.29 is 36.0 Å². The van der Waals surface area contributed by atoms with Crippen LogP contribution in [-0.2, 0) is 15.2 Å². The van der Waals surface area contributed by atoms with E-state index in [0.29, 0.717) is 4.90 Å². The second kappa shape index (κ2) is 7.92. The summed E-state index contributed by atoms with van der Waals surface area (Å²) >= 11 is 11.7. The van der Waals surface area contributed by atoms with Crippen LogP contribution in [0.2, 0.25) is 10.0 Å². The molecule has 0 bridgehead atoms. The van der Waals surface area contributed by atoms with E-state index in [1.165, 1.54) is 24.3 Å². The minimum atomic E-state index is -5.12. The number of benzene rings is 2. The number of hydroxylamine groups is 1. The van der Waals surface area contributed by atoms with Crippen molar-refractivity contribution in [3.8, 4) is 0 Å². The fourth-order valence-corrected chi connectivity index (χ4v) is 3.47. The van der Waals surface area contributed by atoms with Crippen molar-refractivity contribution in [2.75, 3.05) is 11.9 Å². The van der Waals surface area contributed by atoms with Gasteiger partial charge in [0.2, 0.25) is 5.60 Å². The number of anilines is 1. The third kappa shape index (κ3) is 4.46. The van der Waals surface area contributed by atoms with E-state index in [2.05, 4.69) is 5.48 Å². The molecule has 0 fully saturated rings. The third-order valence-corrected chi connectivity index (χ3v) is 4.91. The van der Waals surface area contributed by atoms with E-state index in [-0.39, 0.29) is 27.0 Å². The largest absolute Gasteiger partial charge is 0.471 e. The van der Waals surface area contributed by atoms with Crippen molar-refractivity contribution in [1.29, 1.82) is 0 Å². The minimum absolute atomic E-state index is 0.0501. The van der Waals surface area contributed by atoms with Crippen molar-refractivity contribution >= 4 is 40.5 Å². The summed E-state index contributed by atoms with van der Waals surface area (Å²) in [5, 5.41) is -0.100. The smallest absolute Gasteiger partial charge is 0.308 e. The maximum atomic E-state index is 14.0. The second-order valence-corrected chi connectivity index (χ2v) is 7.44. The lowest BCUT2D eigenvalue weighted by Gasteiger charge is -2.28. The van der Waals surface area contributed by atoms with Gasteiger partial charge in [-0.05, 0) is 36.4 Å². The highest BCUT2D eigenvalue weighted by Gasteiger charge is 2.59. The first kappa shape index (κ1) is 23.2. The highest BCUT2D eigenvalue weighted by molar-refractivity contribution is 6.34. The molecule has 1 atom stereocenters. The molecule has 2 aromatic carbocycles. The third-order valence-electron chi connectivity index (χ3n) is 4.47. The van der Waals surface area contributed by atoms with Crippen LogP contribution in [-0.4, -0.2) is 25.3 Å². The first-order valence-electron chi connectivity index (χ1n) is 8.40. The van der Waals surface area contributed by atoms with Crippen LogP contribution in [0.3, 0.4) is 0 Å².